The normalized spacial score (nSPS) is 12.2. The molecule has 1 aromatic carbocycles. The van der Waals surface area contributed by atoms with E-state index in [2.05, 4.69) is 37.3 Å². The minimum atomic E-state index is 0. The van der Waals surface area contributed by atoms with Gasteiger partial charge in [-0.15, -0.1) is 0 Å². The summed E-state index contributed by atoms with van der Waals surface area (Å²) < 4.78 is 0. The van der Waals surface area contributed by atoms with Crippen LogP contribution in [0.3, 0.4) is 0 Å². The molecule has 0 N–H and O–H groups in total. The summed E-state index contributed by atoms with van der Waals surface area (Å²) in [6.07, 6.45) is 3.41. The van der Waals surface area contributed by atoms with Gasteiger partial charge in [-0.3, -0.25) is 0 Å². The van der Waals surface area contributed by atoms with Gasteiger partial charge >= 0.3 is 37.7 Å². The van der Waals surface area contributed by atoms with Crippen LogP contribution in [0, 0.1) is 0 Å². The van der Waals surface area contributed by atoms with Gasteiger partial charge < -0.3 is 2.85 Å². The molecule has 0 fully saturated rings. The molecule has 2 heteroatoms. The molecule has 54 valence electrons. The van der Waals surface area contributed by atoms with E-state index in [0.29, 0.717) is 0 Å². The van der Waals surface area contributed by atoms with Gasteiger partial charge in [0.1, 0.15) is 0 Å². The molecule has 0 saturated heterocycles. The maximum atomic E-state index is 2.26. The molecule has 0 bridgehead atoms. The Balaban J connectivity index is -0.000000302. The fourth-order valence-corrected chi connectivity index (χ4v) is 1.45. The van der Waals surface area contributed by atoms with E-state index in [0.717, 1.165) is 6.42 Å². The monoisotopic (exact) mass is 146 g/mol. The van der Waals surface area contributed by atoms with E-state index < -0.39 is 0 Å². The van der Waals surface area contributed by atoms with Gasteiger partial charge in [0.15, 0.2) is 0 Å². The maximum absolute atomic E-state index is 2.26. The number of rotatable bonds is 0. The van der Waals surface area contributed by atoms with Gasteiger partial charge in [0, 0.05) is 0 Å². The molecule has 0 atom stereocenters. The summed E-state index contributed by atoms with van der Waals surface area (Å²) in [5.41, 5.74) is 4.35. The fourth-order valence-electron chi connectivity index (χ4n) is 1.45. The summed E-state index contributed by atoms with van der Waals surface area (Å²) >= 11 is 0. The van der Waals surface area contributed by atoms with Crippen LogP contribution in [-0.4, -0.2) is 0 Å². The molecule has 0 unspecified atom stereocenters. The second kappa shape index (κ2) is 5.01. The van der Waals surface area contributed by atoms with Gasteiger partial charge in [-0.25, -0.2) is 0 Å². The number of allylic oxidation sites excluding steroid dienone is 1. The van der Waals surface area contributed by atoms with Gasteiger partial charge in [0.2, 0.25) is 0 Å². The van der Waals surface area contributed by atoms with Gasteiger partial charge in [0.25, 0.3) is 0 Å². The van der Waals surface area contributed by atoms with Crippen LogP contribution in [-0.2, 0) is 6.42 Å². The maximum Gasteiger partial charge on any atom is 1.00 e. The smallest absolute Gasteiger partial charge is 1.00 e. The molecular weight excluding hydrogens is 134 g/mol. The molecule has 0 amide bonds. The van der Waals surface area contributed by atoms with Crippen molar-refractivity contribution in [2.75, 3.05) is 0 Å². The van der Waals surface area contributed by atoms with E-state index in [9.17, 15) is 0 Å². The number of fused-ring (bicyclic) bond motifs is 1. The zero-order valence-corrected chi connectivity index (χ0v) is 8.09. The predicted octanol–water partition coefficient (Wildman–Crippen LogP) is -3.12. The van der Waals surface area contributed by atoms with Crippen LogP contribution in [0.4, 0.5) is 0 Å². The Morgan fingerprint density at radius 2 is 1.83 bits per heavy atom. The van der Waals surface area contributed by atoms with Crippen molar-refractivity contribution in [3.8, 4) is 0 Å². The summed E-state index contributed by atoms with van der Waals surface area (Å²) in [5.74, 6) is 0. The molecule has 1 aromatic rings. The molecule has 0 radical (unpaired) electrons. The van der Waals surface area contributed by atoms with E-state index in [1.807, 2.05) is 0 Å². The Hall–Kier alpha value is 0.155. The molecule has 0 aromatic heterocycles. The summed E-state index contributed by atoms with van der Waals surface area (Å²) in [6.45, 7) is 2.18. The summed E-state index contributed by atoms with van der Waals surface area (Å²) in [7, 11) is 0. The molecule has 0 aliphatic heterocycles. The molecule has 0 spiro atoms. The minimum Gasteiger partial charge on any atom is -1.00 e. The van der Waals surface area contributed by atoms with Crippen molar-refractivity contribution in [1.82, 2.24) is 0 Å². The number of hydrogen-bond acceptors (Lipinski definition) is 0. The average Bonchev–Trinajstić information content (AvgIpc) is 2.27. The Bertz CT molecular complexity index is 298. The van der Waals surface area contributed by atoms with Crippen molar-refractivity contribution >= 4 is 6.08 Å². The Kier molecular flexibility index (Phi) is 5.07. The first kappa shape index (κ1) is 12.2. The van der Waals surface area contributed by atoms with Crippen LogP contribution in [0.15, 0.2) is 29.8 Å². The zero-order chi connectivity index (χ0) is 6.97. The van der Waals surface area contributed by atoms with Gasteiger partial charge in [-0.2, -0.15) is 0 Å². The van der Waals surface area contributed by atoms with Crippen molar-refractivity contribution in [2.24, 2.45) is 0 Å². The fraction of sp³-hybridized carbons (Fsp3) is 0.200. The third kappa shape index (κ3) is 2.32. The van der Waals surface area contributed by atoms with Crippen molar-refractivity contribution in [3.63, 3.8) is 0 Å². The molecule has 1 aliphatic rings. The van der Waals surface area contributed by atoms with Gasteiger partial charge in [-0.05, 0) is 24.5 Å². The molecular formula is C10H12Li2. The van der Waals surface area contributed by atoms with Crippen LogP contribution in [0.2, 0.25) is 0 Å². The molecule has 0 saturated carbocycles. The third-order valence-electron chi connectivity index (χ3n) is 1.93. The summed E-state index contributed by atoms with van der Waals surface area (Å²) in [6, 6.07) is 8.56. The van der Waals surface area contributed by atoms with Crippen molar-refractivity contribution in [2.45, 2.75) is 13.3 Å². The SMILES string of the molecule is CC1=Cc2ccccc2C1.[H-].[H-].[Li+].[Li+]. The standard InChI is InChI=1S/C10H10.2Li.2H/c1-8-6-9-4-2-3-5-10(9)7-8;;;;/h2-6H,7H2,1H3;;;;/q;2*+1;2*-1. The van der Waals surface area contributed by atoms with Crippen molar-refractivity contribution in [3.05, 3.63) is 41.0 Å². The van der Waals surface area contributed by atoms with E-state index in [1.54, 1.807) is 0 Å². The van der Waals surface area contributed by atoms with Gasteiger partial charge in [-0.1, -0.05) is 35.9 Å². The number of hydrogen-bond donors (Lipinski definition) is 0. The van der Waals surface area contributed by atoms with Crippen molar-refractivity contribution in [1.29, 1.82) is 0 Å². The first-order valence-electron chi connectivity index (χ1n) is 3.61. The first-order chi connectivity index (χ1) is 4.86. The van der Waals surface area contributed by atoms with E-state index in [-0.39, 0.29) is 40.6 Å². The van der Waals surface area contributed by atoms with Crippen LogP contribution < -0.4 is 37.7 Å². The molecule has 12 heavy (non-hydrogen) atoms. The Morgan fingerprint density at radius 3 is 2.50 bits per heavy atom. The topological polar surface area (TPSA) is 0 Å². The Labute approximate surface area is 101 Å². The summed E-state index contributed by atoms with van der Waals surface area (Å²) in [4.78, 5) is 0. The number of benzene rings is 1. The van der Waals surface area contributed by atoms with E-state index >= 15 is 0 Å². The zero-order valence-electron chi connectivity index (χ0n) is 10.1. The van der Waals surface area contributed by atoms with Crippen molar-refractivity contribution < 1.29 is 40.6 Å². The van der Waals surface area contributed by atoms with E-state index in [4.69, 9.17) is 0 Å². The quantitative estimate of drug-likeness (QED) is 0.340. The summed E-state index contributed by atoms with van der Waals surface area (Å²) in [5, 5.41) is 0. The van der Waals surface area contributed by atoms with Crippen LogP contribution in [0.25, 0.3) is 6.08 Å². The minimum absolute atomic E-state index is 0. The Morgan fingerprint density at radius 1 is 1.17 bits per heavy atom. The third-order valence-corrected chi connectivity index (χ3v) is 1.93. The second-order valence-corrected chi connectivity index (χ2v) is 2.87. The molecule has 0 nitrogen and oxygen atoms in total. The van der Waals surface area contributed by atoms with E-state index in [1.165, 1.54) is 16.7 Å². The second-order valence-electron chi connectivity index (χ2n) is 2.87. The average molecular weight is 146 g/mol. The molecule has 0 heterocycles. The van der Waals surface area contributed by atoms with Gasteiger partial charge in [0.05, 0.1) is 0 Å². The first-order valence-corrected chi connectivity index (χ1v) is 3.61. The molecule has 1 aliphatic carbocycles. The largest absolute Gasteiger partial charge is 1.00 e. The molecule has 2 rings (SSSR count). The van der Waals surface area contributed by atoms with Crippen LogP contribution in [0.1, 0.15) is 20.9 Å². The predicted molar refractivity (Wildman–Crippen MR) is 46.0 cm³/mol. The van der Waals surface area contributed by atoms with Crippen LogP contribution >= 0.6 is 0 Å². The van der Waals surface area contributed by atoms with Crippen LogP contribution in [0.5, 0.6) is 0 Å².